The molecule has 8 heteroatoms. The first-order valence-corrected chi connectivity index (χ1v) is 12.4. The SMILES string of the molecule is CC(C)[C@@H](C(=O)c1nnc(SCCN(C)Cc2ccccc2)o1)N(C=O)C1CCCCC1. The lowest BCUT2D eigenvalue weighted by Gasteiger charge is -2.37. The Morgan fingerprint density at radius 3 is 2.56 bits per heavy atom. The summed E-state index contributed by atoms with van der Waals surface area (Å²) in [5.74, 6) is 0.462. The highest BCUT2D eigenvalue weighted by Gasteiger charge is 2.36. The van der Waals surface area contributed by atoms with Crippen LogP contribution in [0.15, 0.2) is 40.0 Å². The summed E-state index contributed by atoms with van der Waals surface area (Å²) in [6.45, 7) is 5.63. The second-order valence-electron chi connectivity index (χ2n) is 8.84. The lowest BCUT2D eigenvalue weighted by Crippen LogP contribution is -2.50. The summed E-state index contributed by atoms with van der Waals surface area (Å²) in [6.07, 6.45) is 6.08. The number of nitrogens with zero attached hydrogens (tertiary/aromatic N) is 4. The molecular weight excluding hydrogens is 424 g/mol. The molecule has 1 aromatic heterocycles. The third kappa shape index (κ3) is 6.65. The molecule has 0 spiro atoms. The van der Waals surface area contributed by atoms with Gasteiger partial charge in [0.1, 0.15) is 6.04 Å². The van der Waals surface area contributed by atoms with E-state index in [4.69, 9.17) is 4.42 Å². The molecule has 1 aliphatic carbocycles. The van der Waals surface area contributed by atoms with Crippen molar-refractivity contribution in [2.24, 2.45) is 5.92 Å². The van der Waals surface area contributed by atoms with Crippen molar-refractivity contribution >= 4 is 24.0 Å². The number of benzene rings is 1. The fourth-order valence-corrected chi connectivity index (χ4v) is 5.11. The maximum Gasteiger partial charge on any atom is 0.286 e. The Balaban J connectivity index is 1.56. The largest absolute Gasteiger partial charge is 0.408 e. The lowest BCUT2D eigenvalue weighted by atomic mass is 9.90. The maximum atomic E-state index is 13.2. The fraction of sp³-hybridized carbons (Fsp3) is 0.583. The van der Waals surface area contributed by atoms with Crippen molar-refractivity contribution in [2.75, 3.05) is 19.3 Å². The molecule has 1 aromatic carbocycles. The smallest absolute Gasteiger partial charge is 0.286 e. The van der Waals surface area contributed by atoms with E-state index in [0.717, 1.165) is 50.9 Å². The molecule has 1 atom stereocenters. The van der Waals surface area contributed by atoms with Gasteiger partial charge >= 0.3 is 0 Å². The zero-order valence-electron chi connectivity index (χ0n) is 19.3. The van der Waals surface area contributed by atoms with Gasteiger partial charge in [-0.15, -0.1) is 10.2 Å². The molecule has 0 unspecified atom stereocenters. The Labute approximate surface area is 194 Å². The average molecular weight is 459 g/mol. The Bertz CT molecular complexity index is 852. The zero-order chi connectivity index (χ0) is 22.9. The standard InChI is InChI=1S/C24H34N4O3S/c1-18(2)21(28(17-29)20-12-8-5-9-13-20)22(30)23-25-26-24(31-23)32-15-14-27(3)16-19-10-6-4-7-11-19/h4,6-7,10-11,17-18,20-21H,5,8-9,12-16H2,1-3H3/t21-/m0/s1. The molecule has 1 fully saturated rings. The molecule has 2 aromatic rings. The predicted molar refractivity (Wildman–Crippen MR) is 126 cm³/mol. The van der Waals surface area contributed by atoms with Gasteiger partial charge in [-0.3, -0.25) is 9.59 Å². The van der Waals surface area contributed by atoms with Crippen molar-refractivity contribution in [3.8, 4) is 0 Å². The van der Waals surface area contributed by atoms with E-state index in [2.05, 4.69) is 34.3 Å². The Morgan fingerprint density at radius 2 is 1.91 bits per heavy atom. The molecule has 0 N–H and O–H groups in total. The molecule has 7 nitrogen and oxygen atoms in total. The third-order valence-electron chi connectivity index (χ3n) is 5.95. The van der Waals surface area contributed by atoms with Gasteiger partial charge in [0, 0.05) is 24.9 Å². The molecule has 3 rings (SSSR count). The monoisotopic (exact) mass is 458 g/mol. The number of thioether (sulfide) groups is 1. The van der Waals surface area contributed by atoms with Gasteiger partial charge in [-0.25, -0.2) is 0 Å². The lowest BCUT2D eigenvalue weighted by molar-refractivity contribution is -0.123. The Morgan fingerprint density at radius 1 is 1.19 bits per heavy atom. The van der Waals surface area contributed by atoms with Crippen molar-refractivity contribution in [1.29, 1.82) is 0 Å². The molecule has 1 amide bonds. The zero-order valence-corrected chi connectivity index (χ0v) is 20.1. The summed E-state index contributed by atoms with van der Waals surface area (Å²) in [6, 6.07) is 9.85. The van der Waals surface area contributed by atoms with Crippen molar-refractivity contribution in [1.82, 2.24) is 20.0 Å². The van der Waals surface area contributed by atoms with Crippen LogP contribution in [0.5, 0.6) is 0 Å². The number of rotatable bonds is 12. The molecule has 32 heavy (non-hydrogen) atoms. The fourth-order valence-electron chi connectivity index (χ4n) is 4.30. The van der Waals surface area contributed by atoms with E-state index in [1.165, 1.54) is 23.7 Å². The van der Waals surface area contributed by atoms with Gasteiger partial charge in [0.15, 0.2) is 0 Å². The van der Waals surface area contributed by atoms with E-state index in [9.17, 15) is 9.59 Å². The Hall–Kier alpha value is -2.19. The highest BCUT2D eigenvalue weighted by Crippen LogP contribution is 2.27. The quantitative estimate of drug-likeness (QED) is 0.267. The number of hydrogen-bond acceptors (Lipinski definition) is 7. The van der Waals surface area contributed by atoms with E-state index in [-0.39, 0.29) is 23.6 Å². The first-order valence-electron chi connectivity index (χ1n) is 11.4. The molecule has 1 aliphatic rings. The number of carbonyl (C=O) groups is 2. The first-order chi connectivity index (χ1) is 15.5. The van der Waals surface area contributed by atoms with E-state index < -0.39 is 6.04 Å². The van der Waals surface area contributed by atoms with Crippen LogP contribution in [0.1, 0.15) is 62.2 Å². The number of amides is 1. The molecule has 1 saturated carbocycles. The predicted octanol–water partition coefficient (Wildman–Crippen LogP) is 4.29. The van der Waals surface area contributed by atoms with E-state index in [0.29, 0.717) is 5.22 Å². The Kier molecular flexibility index (Phi) is 9.29. The van der Waals surface area contributed by atoms with Crippen molar-refractivity contribution in [3.05, 3.63) is 41.8 Å². The minimum Gasteiger partial charge on any atom is -0.408 e. The van der Waals surface area contributed by atoms with Crippen LogP contribution >= 0.6 is 11.8 Å². The summed E-state index contributed by atoms with van der Waals surface area (Å²) in [7, 11) is 2.07. The average Bonchev–Trinajstić information content (AvgIpc) is 3.27. The van der Waals surface area contributed by atoms with Crippen LogP contribution in [0.25, 0.3) is 0 Å². The summed E-state index contributed by atoms with van der Waals surface area (Å²) in [5.41, 5.74) is 1.27. The molecule has 0 bridgehead atoms. The minimum atomic E-state index is -0.578. The summed E-state index contributed by atoms with van der Waals surface area (Å²) in [4.78, 5) is 29.1. The second kappa shape index (κ2) is 12.2. The molecule has 0 saturated heterocycles. The van der Waals surface area contributed by atoms with Crippen LogP contribution in [-0.4, -0.2) is 63.6 Å². The second-order valence-corrected chi connectivity index (χ2v) is 9.89. The van der Waals surface area contributed by atoms with Gasteiger partial charge in [0.25, 0.3) is 11.1 Å². The number of ketones is 1. The summed E-state index contributed by atoms with van der Waals surface area (Å²) in [5, 5.41) is 8.45. The van der Waals surface area contributed by atoms with Gasteiger partial charge < -0.3 is 14.2 Å². The third-order valence-corrected chi connectivity index (χ3v) is 6.75. The molecule has 0 aliphatic heterocycles. The van der Waals surface area contributed by atoms with Gasteiger partial charge in [-0.05, 0) is 31.4 Å². The summed E-state index contributed by atoms with van der Waals surface area (Å²) < 4.78 is 5.69. The van der Waals surface area contributed by atoms with E-state index in [1.54, 1.807) is 4.90 Å². The van der Waals surface area contributed by atoms with Crippen molar-refractivity contribution in [3.63, 3.8) is 0 Å². The number of Topliss-reactive ketones (excluding diaryl/α,β-unsaturated/α-hetero) is 1. The number of carbonyl (C=O) groups excluding carboxylic acids is 2. The van der Waals surface area contributed by atoms with Crippen LogP contribution in [0, 0.1) is 5.92 Å². The molecule has 174 valence electrons. The molecule has 1 heterocycles. The van der Waals surface area contributed by atoms with Crippen molar-refractivity contribution < 1.29 is 14.0 Å². The first kappa shape index (κ1) is 24.5. The number of aromatic nitrogens is 2. The van der Waals surface area contributed by atoms with Crippen LogP contribution < -0.4 is 0 Å². The van der Waals surface area contributed by atoms with Gasteiger partial charge in [-0.2, -0.15) is 0 Å². The maximum absolute atomic E-state index is 13.2. The van der Waals surface area contributed by atoms with Gasteiger partial charge in [-0.1, -0.05) is 75.2 Å². The topological polar surface area (TPSA) is 79.5 Å². The van der Waals surface area contributed by atoms with Crippen LogP contribution in [0.2, 0.25) is 0 Å². The normalized spacial score (nSPS) is 15.8. The minimum absolute atomic E-state index is 0.00787. The molecule has 0 radical (unpaired) electrons. The van der Waals surface area contributed by atoms with Gasteiger partial charge in [0.2, 0.25) is 12.2 Å². The number of hydrogen-bond donors (Lipinski definition) is 0. The molecular formula is C24H34N4O3S. The van der Waals surface area contributed by atoms with Crippen LogP contribution in [0.4, 0.5) is 0 Å². The van der Waals surface area contributed by atoms with Crippen molar-refractivity contribution in [2.45, 2.75) is 69.8 Å². The van der Waals surface area contributed by atoms with Crippen LogP contribution in [0.3, 0.4) is 0 Å². The summed E-state index contributed by atoms with van der Waals surface area (Å²) >= 11 is 1.44. The van der Waals surface area contributed by atoms with E-state index in [1.807, 2.05) is 32.0 Å². The van der Waals surface area contributed by atoms with E-state index >= 15 is 0 Å². The van der Waals surface area contributed by atoms with Gasteiger partial charge in [0.05, 0.1) is 0 Å². The highest BCUT2D eigenvalue weighted by atomic mass is 32.2. The highest BCUT2D eigenvalue weighted by molar-refractivity contribution is 7.99. The van der Waals surface area contributed by atoms with Crippen LogP contribution in [-0.2, 0) is 11.3 Å².